The highest BCUT2D eigenvalue weighted by Gasteiger charge is 2.08. The third-order valence-electron chi connectivity index (χ3n) is 1.99. The first kappa shape index (κ1) is 9.54. The van der Waals surface area contributed by atoms with Crippen LogP contribution in [-0.2, 0) is 0 Å². The van der Waals surface area contributed by atoms with Crippen molar-refractivity contribution in [2.45, 2.75) is 0 Å². The van der Waals surface area contributed by atoms with Gasteiger partial charge < -0.3 is 5.73 Å². The smallest absolute Gasteiger partial charge is 0.198 e. The summed E-state index contributed by atoms with van der Waals surface area (Å²) >= 11 is 0. The average Bonchev–Trinajstić information content (AvgIpc) is 2.78. The predicted molar refractivity (Wildman–Crippen MR) is 54.7 cm³/mol. The lowest BCUT2D eigenvalue weighted by Crippen LogP contribution is -2.13. The molecule has 5 nitrogen and oxygen atoms in total. The van der Waals surface area contributed by atoms with Crippen LogP contribution in [0.2, 0.25) is 0 Å². The Hall–Kier alpha value is -2.01. The van der Waals surface area contributed by atoms with Gasteiger partial charge in [-0.05, 0) is 12.1 Å². The molecular formula is C10H10N4O. The number of benzene rings is 1. The maximum Gasteiger partial charge on any atom is 0.198 e. The van der Waals surface area contributed by atoms with Crippen LogP contribution in [0.4, 0.5) is 0 Å². The molecule has 0 atom stereocenters. The Labute approximate surface area is 86.5 Å². The number of hydrogen-bond donors (Lipinski definition) is 1. The summed E-state index contributed by atoms with van der Waals surface area (Å²) in [5, 5.41) is 7.59. The normalized spacial score (nSPS) is 10.2. The molecule has 0 aliphatic carbocycles. The van der Waals surface area contributed by atoms with Crippen LogP contribution in [0.1, 0.15) is 10.5 Å². The lowest BCUT2D eigenvalue weighted by molar-refractivity contribution is 0.0996. The maximum absolute atomic E-state index is 11.2. The largest absolute Gasteiger partial charge is 0.324 e. The molecule has 0 radical (unpaired) electrons. The number of ketones is 1. The van der Waals surface area contributed by atoms with Gasteiger partial charge in [-0.15, -0.1) is 5.10 Å². The summed E-state index contributed by atoms with van der Waals surface area (Å²) in [6, 6.07) is 9.45. The second-order valence-electron chi connectivity index (χ2n) is 3.01. The highest BCUT2D eigenvalue weighted by molar-refractivity contribution is 5.95. The van der Waals surface area contributed by atoms with Crippen LogP contribution in [-0.4, -0.2) is 27.3 Å². The third kappa shape index (κ3) is 1.92. The van der Waals surface area contributed by atoms with Crippen LogP contribution >= 0.6 is 0 Å². The number of hydrogen-bond acceptors (Lipinski definition) is 4. The van der Waals surface area contributed by atoms with Crippen molar-refractivity contribution in [2.24, 2.45) is 5.73 Å². The number of nitrogens with zero attached hydrogens (tertiary/aromatic N) is 3. The van der Waals surface area contributed by atoms with Crippen LogP contribution in [0.15, 0.2) is 36.5 Å². The van der Waals surface area contributed by atoms with Crippen molar-refractivity contribution in [3.8, 4) is 5.69 Å². The second-order valence-corrected chi connectivity index (χ2v) is 3.01. The van der Waals surface area contributed by atoms with E-state index in [9.17, 15) is 4.79 Å². The molecule has 1 heterocycles. The first-order valence-electron chi connectivity index (χ1n) is 4.52. The highest BCUT2D eigenvalue weighted by Crippen LogP contribution is 2.05. The van der Waals surface area contributed by atoms with Gasteiger partial charge in [0.15, 0.2) is 11.5 Å². The molecule has 1 aromatic carbocycles. The van der Waals surface area contributed by atoms with E-state index >= 15 is 0 Å². The van der Waals surface area contributed by atoms with Gasteiger partial charge in [-0.25, -0.2) is 4.68 Å². The van der Waals surface area contributed by atoms with Crippen LogP contribution in [0, 0.1) is 0 Å². The van der Waals surface area contributed by atoms with E-state index in [1.807, 2.05) is 30.3 Å². The maximum atomic E-state index is 11.2. The standard InChI is InChI=1S/C10H10N4O/c11-6-10(15)9-7-14(13-12-9)8-4-2-1-3-5-8/h1-5,7H,6,11H2. The van der Waals surface area contributed by atoms with Crippen LogP contribution in [0.25, 0.3) is 5.69 Å². The zero-order chi connectivity index (χ0) is 10.7. The number of nitrogens with two attached hydrogens (primary N) is 1. The van der Waals surface area contributed by atoms with Crippen molar-refractivity contribution in [3.63, 3.8) is 0 Å². The Balaban J connectivity index is 2.32. The molecule has 2 aromatic rings. The summed E-state index contributed by atoms with van der Waals surface area (Å²) in [7, 11) is 0. The molecule has 0 spiro atoms. The van der Waals surface area contributed by atoms with Crippen molar-refractivity contribution in [3.05, 3.63) is 42.2 Å². The van der Waals surface area contributed by atoms with E-state index in [2.05, 4.69) is 10.3 Å². The zero-order valence-corrected chi connectivity index (χ0v) is 8.00. The van der Waals surface area contributed by atoms with Crippen LogP contribution in [0.3, 0.4) is 0 Å². The molecule has 1 aromatic heterocycles. The number of Topliss-reactive ketones (excluding diaryl/α,β-unsaturated/α-hetero) is 1. The summed E-state index contributed by atoms with van der Waals surface area (Å²) in [6.07, 6.45) is 1.57. The van der Waals surface area contributed by atoms with E-state index in [1.54, 1.807) is 10.9 Å². The fraction of sp³-hybridized carbons (Fsp3) is 0.100. The molecule has 15 heavy (non-hydrogen) atoms. The van der Waals surface area contributed by atoms with E-state index in [4.69, 9.17) is 5.73 Å². The lowest BCUT2D eigenvalue weighted by Gasteiger charge is -1.96. The van der Waals surface area contributed by atoms with Gasteiger partial charge in [0.05, 0.1) is 18.4 Å². The van der Waals surface area contributed by atoms with Crippen molar-refractivity contribution in [1.29, 1.82) is 0 Å². The molecule has 0 aliphatic rings. The van der Waals surface area contributed by atoms with Gasteiger partial charge in [0, 0.05) is 0 Å². The van der Waals surface area contributed by atoms with Crippen LogP contribution in [0.5, 0.6) is 0 Å². The van der Waals surface area contributed by atoms with E-state index in [0.717, 1.165) is 5.69 Å². The molecule has 0 saturated carbocycles. The topological polar surface area (TPSA) is 73.8 Å². The molecule has 2 rings (SSSR count). The van der Waals surface area contributed by atoms with Gasteiger partial charge in [0.1, 0.15) is 0 Å². The minimum absolute atomic E-state index is 0.0481. The van der Waals surface area contributed by atoms with Crippen molar-refractivity contribution in [1.82, 2.24) is 15.0 Å². The summed E-state index contributed by atoms with van der Waals surface area (Å²) in [6.45, 7) is -0.0481. The highest BCUT2D eigenvalue weighted by atomic mass is 16.1. The Kier molecular flexibility index (Phi) is 2.55. The summed E-state index contributed by atoms with van der Waals surface area (Å²) in [4.78, 5) is 11.2. The van der Waals surface area contributed by atoms with Gasteiger partial charge in [0.25, 0.3) is 0 Å². The number of para-hydroxylation sites is 1. The zero-order valence-electron chi connectivity index (χ0n) is 8.00. The Bertz CT molecular complexity index is 463. The average molecular weight is 202 g/mol. The molecule has 0 aliphatic heterocycles. The molecule has 2 N–H and O–H groups in total. The minimum atomic E-state index is -0.211. The first-order valence-corrected chi connectivity index (χ1v) is 4.52. The summed E-state index contributed by atoms with van der Waals surface area (Å²) in [5.41, 5.74) is 6.38. The van der Waals surface area contributed by atoms with Crippen LogP contribution < -0.4 is 5.73 Å². The molecule has 76 valence electrons. The quantitative estimate of drug-likeness (QED) is 0.731. The molecule has 5 heteroatoms. The molecule has 0 bridgehead atoms. The van der Waals surface area contributed by atoms with Crippen molar-refractivity contribution in [2.75, 3.05) is 6.54 Å². The van der Waals surface area contributed by atoms with Crippen molar-refractivity contribution < 1.29 is 4.79 Å². The molecule has 0 unspecified atom stereocenters. The molecule has 0 saturated heterocycles. The predicted octanol–water partition coefficient (Wildman–Crippen LogP) is 0.409. The molecule has 0 amide bonds. The van der Waals surface area contributed by atoms with Gasteiger partial charge in [-0.3, -0.25) is 4.79 Å². The third-order valence-corrected chi connectivity index (χ3v) is 1.99. The Morgan fingerprint density at radius 3 is 2.73 bits per heavy atom. The molecular weight excluding hydrogens is 192 g/mol. The Morgan fingerprint density at radius 2 is 2.07 bits per heavy atom. The second kappa shape index (κ2) is 4.02. The number of rotatable bonds is 3. The van der Waals surface area contributed by atoms with Gasteiger partial charge in [-0.2, -0.15) is 0 Å². The SMILES string of the molecule is NCC(=O)c1cn(-c2ccccc2)nn1. The van der Waals surface area contributed by atoms with Gasteiger partial charge >= 0.3 is 0 Å². The van der Waals surface area contributed by atoms with Crippen molar-refractivity contribution >= 4 is 5.78 Å². The minimum Gasteiger partial charge on any atom is -0.324 e. The Morgan fingerprint density at radius 1 is 1.33 bits per heavy atom. The fourth-order valence-electron chi connectivity index (χ4n) is 1.20. The van der Waals surface area contributed by atoms with E-state index in [0.29, 0.717) is 5.69 Å². The van der Waals surface area contributed by atoms with E-state index in [-0.39, 0.29) is 12.3 Å². The number of carbonyl (C=O) groups excluding carboxylic acids is 1. The number of aromatic nitrogens is 3. The van der Waals surface area contributed by atoms with Gasteiger partial charge in [-0.1, -0.05) is 23.4 Å². The van der Waals surface area contributed by atoms with E-state index in [1.165, 1.54) is 0 Å². The summed E-state index contributed by atoms with van der Waals surface area (Å²) in [5.74, 6) is -0.211. The fourth-order valence-corrected chi connectivity index (χ4v) is 1.20. The lowest BCUT2D eigenvalue weighted by atomic mass is 10.3. The van der Waals surface area contributed by atoms with Gasteiger partial charge in [0.2, 0.25) is 0 Å². The number of carbonyl (C=O) groups is 1. The molecule has 0 fully saturated rings. The monoisotopic (exact) mass is 202 g/mol. The summed E-state index contributed by atoms with van der Waals surface area (Å²) < 4.78 is 1.54. The first-order chi connectivity index (χ1) is 7.31. The van der Waals surface area contributed by atoms with E-state index < -0.39 is 0 Å².